The van der Waals surface area contributed by atoms with Crippen molar-refractivity contribution in [1.29, 1.82) is 0 Å². The quantitative estimate of drug-likeness (QED) is 0.696. The second kappa shape index (κ2) is 3.73. The van der Waals surface area contributed by atoms with Gasteiger partial charge in [-0.25, -0.2) is 4.98 Å². The average molecular weight is 254 g/mol. The molecule has 0 saturated carbocycles. The van der Waals surface area contributed by atoms with Gasteiger partial charge in [0.1, 0.15) is 5.82 Å². The summed E-state index contributed by atoms with van der Waals surface area (Å²) in [6.07, 6.45) is -1.35. The van der Waals surface area contributed by atoms with Gasteiger partial charge in [-0.1, -0.05) is 0 Å². The molecule has 0 bridgehead atoms. The molecule has 1 aromatic carbocycles. The minimum Gasteiger partial charge on any atom is -0.325 e. The number of imidazole rings is 1. The molecule has 2 heterocycles. The van der Waals surface area contributed by atoms with Crippen molar-refractivity contribution in [3.8, 4) is 0 Å². The van der Waals surface area contributed by atoms with Gasteiger partial charge in [0, 0.05) is 12.5 Å². The molecule has 1 aliphatic rings. The molecule has 0 spiro atoms. The molecule has 0 fully saturated rings. The number of hydrogen-bond acceptors (Lipinski definition) is 1. The van der Waals surface area contributed by atoms with E-state index in [1.54, 1.807) is 0 Å². The van der Waals surface area contributed by atoms with Crippen molar-refractivity contribution in [2.75, 3.05) is 0 Å². The lowest BCUT2D eigenvalue weighted by Crippen LogP contribution is -2.14. The Morgan fingerprint density at radius 1 is 1.33 bits per heavy atom. The van der Waals surface area contributed by atoms with Crippen LogP contribution in [0, 0.1) is 0 Å². The zero-order valence-corrected chi connectivity index (χ0v) is 9.96. The minimum atomic E-state index is -4.30. The third kappa shape index (κ3) is 1.69. The average Bonchev–Trinajstić information content (AvgIpc) is 2.66. The molecule has 1 atom stereocenters. The Morgan fingerprint density at radius 2 is 2.11 bits per heavy atom. The number of aryl methyl sites for hydroxylation is 1. The molecular formula is C13H13F3N2. The SMILES string of the molecule is C[C@@H]1CCCc2nc3cc(C(F)(F)F)ccc3n21. The summed E-state index contributed by atoms with van der Waals surface area (Å²) < 4.78 is 40.0. The molecule has 1 aliphatic heterocycles. The van der Waals surface area contributed by atoms with Gasteiger partial charge in [-0.15, -0.1) is 0 Å². The van der Waals surface area contributed by atoms with Crippen LogP contribution in [-0.4, -0.2) is 9.55 Å². The molecule has 2 aromatic rings. The van der Waals surface area contributed by atoms with Crippen LogP contribution in [0.3, 0.4) is 0 Å². The maximum absolute atomic E-state index is 12.6. The summed E-state index contributed by atoms with van der Waals surface area (Å²) in [5, 5.41) is 0. The molecule has 96 valence electrons. The Morgan fingerprint density at radius 3 is 2.83 bits per heavy atom. The molecular weight excluding hydrogens is 241 g/mol. The fourth-order valence-electron chi connectivity index (χ4n) is 2.68. The highest BCUT2D eigenvalue weighted by Crippen LogP contribution is 2.34. The van der Waals surface area contributed by atoms with Crippen LogP contribution >= 0.6 is 0 Å². The van der Waals surface area contributed by atoms with E-state index in [-0.39, 0.29) is 0 Å². The Bertz CT molecular complexity index is 598. The van der Waals surface area contributed by atoms with E-state index in [0.717, 1.165) is 42.7 Å². The zero-order chi connectivity index (χ0) is 12.9. The Hall–Kier alpha value is -1.52. The molecule has 0 amide bonds. The number of benzene rings is 1. The van der Waals surface area contributed by atoms with Crippen LogP contribution < -0.4 is 0 Å². The number of aromatic nitrogens is 2. The molecule has 0 aliphatic carbocycles. The summed E-state index contributed by atoms with van der Waals surface area (Å²) in [4.78, 5) is 4.34. The fraction of sp³-hybridized carbons (Fsp3) is 0.462. The third-order valence-corrected chi connectivity index (χ3v) is 3.55. The van der Waals surface area contributed by atoms with Crippen molar-refractivity contribution >= 4 is 11.0 Å². The van der Waals surface area contributed by atoms with E-state index in [0.29, 0.717) is 11.6 Å². The van der Waals surface area contributed by atoms with Crippen molar-refractivity contribution in [3.63, 3.8) is 0 Å². The highest BCUT2D eigenvalue weighted by Gasteiger charge is 2.31. The van der Waals surface area contributed by atoms with Crippen molar-refractivity contribution in [2.24, 2.45) is 0 Å². The van der Waals surface area contributed by atoms with Gasteiger partial charge in [0.2, 0.25) is 0 Å². The first kappa shape index (κ1) is 11.6. The van der Waals surface area contributed by atoms with Crippen molar-refractivity contribution in [1.82, 2.24) is 9.55 Å². The van der Waals surface area contributed by atoms with Gasteiger partial charge in [-0.3, -0.25) is 0 Å². The normalized spacial score (nSPS) is 20.1. The second-order valence-corrected chi connectivity index (χ2v) is 4.84. The number of fused-ring (bicyclic) bond motifs is 3. The number of hydrogen-bond donors (Lipinski definition) is 0. The van der Waals surface area contributed by atoms with Crippen LogP contribution in [0.5, 0.6) is 0 Å². The van der Waals surface area contributed by atoms with Gasteiger partial charge in [0.25, 0.3) is 0 Å². The van der Waals surface area contributed by atoms with Crippen molar-refractivity contribution in [2.45, 2.75) is 38.4 Å². The summed E-state index contributed by atoms with van der Waals surface area (Å²) >= 11 is 0. The van der Waals surface area contributed by atoms with Gasteiger partial charge in [0.05, 0.1) is 16.6 Å². The topological polar surface area (TPSA) is 17.8 Å². The van der Waals surface area contributed by atoms with E-state index in [1.807, 2.05) is 0 Å². The number of alkyl halides is 3. The summed E-state index contributed by atoms with van der Waals surface area (Å²) in [5.74, 6) is 0.906. The molecule has 1 aromatic heterocycles. The first-order valence-electron chi connectivity index (χ1n) is 6.05. The predicted octanol–water partition coefficient (Wildman–Crippen LogP) is 3.95. The summed E-state index contributed by atoms with van der Waals surface area (Å²) in [5.41, 5.74) is 0.636. The third-order valence-electron chi connectivity index (χ3n) is 3.55. The van der Waals surface area contributed by atoms with E-state index < -0.39 is 11.7 Å². The number of halogens is 3. The van der Waals surface area contributed by atoms with Gasteiger partial charge in [-0.05, 0) is 38.0 Å². The first-order valence-corrected chi connectivity index (χ1v) is 6.05. The van der Waals surface area contributed by atoms with Crippen LogP contribution in [0.4, 0.5) is 13.2 Å². The highest BCUT2D eigenvalue weighted by molar-refractivity contribution is 5.77. The molecule has 2 nitrogen and oxygen atoms in total. The summed E-state index contributed by atoms with van der Waals surface area (Å²) in [7, 11) is 0. The van der Waals surface area contributed by atoms with E-state index in [2.05, 4.69) is 16.5 Å². The molecule has 0 N–H and O–H groups in total. The zero-order valence-electron chi connectivity index (χ0n) is 9.96. The minimum absolute atomic E-state index is 0.315. The Balaban J connectivity index is 2.20. The summed E-state index contributed by atoms with van der Waals surface area (Å²) in [6, 6.07) is 4.14. The standard InChI is InChI=1S/C13H13F3N2/c1-8-3-2-4-12-17-10-7-9(13(14,15)16)5-6-11(10)18(8)12/h5-8H,2-4H2,1H3/t8-/m1/s1. The first-order chi connectivity index (χ1) is 8.47. The van der Waals surface area contributed by atoms with Gasteiger partial charge in [0.15, 0.2) is 0 Å². The highest BCUT2D eigenvalue weighted by atomic mass is 19.4. The van der Waals surface area contributed by atoms with Crippen molar-refractivity contribution in [3.05, 3.63) is 29.6 Å². The number of rotatable bonds is 0. The predicted molar refractivity (Wildman–Crippen MR) is 62.4 cm³/mol. The van der Waals surface area contributed by atoms with Gasteiger partial charge < -0.3 is 4.57 Å². The number of nitrogens with zero attached hydrogens (tertiary/aromatic N) is 2. The summed E-state index contributed by atoms with van der Waals surface area (Å²) in [6.45, 7) is 2.08. The molecule has 0 unspecified atom stereocenters. The monoisotopic (exact) mass is 254 g/mol. The van der Waals surface area contributed by atoms with E-state index >= 15 is 0 Å². The van der Waals surface area contributed by atoms with Crippen LogP contribution in [0.15, 0.2) is 18.2 Å². The lowest BCUT2D eigenvalue weighted by atomic mass is 10.1. The van der Waals surface area contributed by atoms with Crippen LogP contribution in [0.25, 0.3) is 11.0 Å². The van der Waals surface area contributed by atoms with E-state index in [4.69, 9.17) is 0 Å². The van der Waals surface area contributed by atoms with Crippen molar-refractivity contribution < 1.29 is 13.2 Å². The smallest absolute Gasteiger partial charge is 0.325 e. The fourth-order valence-corrected chi connectivity index (χ4v) is 2.68. The van der Waals surface area contributed by atoms with E-state index in [9.17, 15) is 13.2 Å². The van der Waals surface area contributed by atoms with Crippen LogP contribution in [0.2, 0.25) is 0 Å². The van der Waals surface area contributed by atoms with E-state index in [1.165, 1.54) is 6.07 Å². The van der Waals surface area contributed by atoms with Crippen LogP contribution in [0.1, 0.15) is 37.2 Å². The largest absolute Gasteiger partial charge is 0.416 e. The van der Waals surface area contributed by atoms with Crippen LogP contribution in [-0.2, 0) is 12.6 Å². The second-order valence-electron chi connectivity index (χ2n) is 4.84. The Kier molecular flexibility index (Phi) is 2.40. The molecule has 3 rings (SSSR count). The molecule has 0 saturated heterocycles. The maximum atomic E-state index is 12.6. The molecule has 18 heavy (non-hydrogen) atoms. The lowest BCUT2D eigenvalue weighted by Gasteiger charge is -2.22. The Labute approximate surface area is 102 Å². The molecule has 5 heteroatoms. The maximum Gasteiger partial charge on any atom is 0.416 e. The lowest BCUT2D eigenvalue weighted by molar-refractivity contribution is -0.137. The van der Waals surface area contributed by atoms with Gasteiger partial charge in [-0.2, -0.15) is 13.2 Å². The van der Waals surface area contributed by atoms with Gasteiger partial charge >= 0.3 is 6.18 Å². The molecule has 0 radical (unpaired) electrons.